The summed E-state index contributed by atoms with van der Waals surface area (Å²) in [4.78, 5) is 0. The minimum absolute atomic E-state index is 0.0437. The van der Waals surface area contributed by atoms with Gasteiger partial charge in [0.05, 0.1) is 5.48 Å². The lowest BCUT2D eigenvalue weighted by Gasteiger charge is -2.18. The van der Waals surface area contributed by atoms with Crippen molar-refractivity contribution in [2.24, 2.45) is 0 Å². The first-order valence-electron chi connectivity index (χ1n) is 14.4. The fraction of sp³-hybridized carbons (Fsp3) is 0. The van der Waals surface area contributed by atoms with Gasteiger partial charge in [-0.1, -0.05) is 115 Å². The number of hydrogen-bond donors (Lipinski definition) is 0. The highest BCUT2D eigenvalue weighted by molar-refractivity contribution is 6.26. The highest BCUT2D eigenvalue weighted by Gasteiger charge is 2.20. The molecule has 172 valence electrons. The van der Waals surface area contributed by atoms with Crippen LogP contribution in [0.4, 0.5) is 0 Å². The first-order valence-corrected chi connectivity index (χ1v) is 12.4. The van der Waals surface area contributed by atoms with Crippen LogP contribution in [0.1, 0.15) is 5.48 Å². The van der Waals surface area contributed by atoms with Gasteiger partial charge in [-0.15, -0.1) is 0 Å². The molecule has 0 saturated heterocycles. The minimum atomic E-state index is -0.241. The molecule has 37 heavy (non-hydrogen) atoms. The van der Waals surface area contributed by atoms with E-state index in [1.54, 1.807) is 6.07 Å². The predicted octanol–water partition coefficient (Wildman–Crippen LogP) is 10.4. The van der Waals surface area contributed by atoms with Crippen LogP contribution in [-0.4, -0.2) is 0 Å². The van der Waals surface area contributed by atoms with Crippen molar-refractivity contribution in [2.75, 3.05) is 0 Å². The maximum Gasteiger partial charge on any atom is 0.136 e. The zero-order valence-corrected chi connectivity index (χ0v) is 19.8. The zero-order chi connectivity index (χ0) is 27.8. The van der Waals surface area contributed by atoms with Gasteiger partial charge in [0, 0.05) is 10.8 Å². The quantitative estimate of drug-likeness (QED) is 0.227. The Bertz CT molecular complexity index is 2300. The third kappa shape index (κ3) is 2.98. The van der Waals surface area contributed by atoms with Crippen molar-refractivity contribution < 1.29 is 9.90 Å². The normalized spacial score (nSPS) is 13.3. The van der Waals surface area contributed by atoms with Crippen molar-refractivity contribution in [3.05, 3.63) is 133 Å². The van der Waals surface area contributed by atoms with Gasteiger partial charge in [-0.05, 0) is 72.8 Å². The smallest absolute Gasteiger partial charge is 0.136 e. The lowest BCUT2D eigenvalue weighted by molar-refractivity contribution is 0.669. The van der Waals surface area contributed by atoms with Crippen LogP contribution in [0, 0.1) is 0 Å². The van der Waals surface area contributed by atoms with E-state index >= 15 is 0 Å². The van der Waals surface area contributed by atoms with Crippen LogP contribution in [0.25, 0.3) is 76.5 Å². The summed E-state index contributed by atoms with van der Waals surface area (Å²) in [7, 11) is 0. The van der Waals surface area contributed by atoms with E-state index in [-0.39, 0.29) is 24.2 Å². The number of fused-ring (bicyclic) bond motifs is 6. The molecule has 0 atom stereocenters. The van der Waals surface area contributed by atoms with Crippen LogP contribution in [0.2, 0.25) is 0 Å². The van der Waals surface area contributed by atoms with Crippen LogP contribution >= 0.6 is 0 Å². The molecular weight excluding hydrogens is 448 g/mol. The number of benzene rings is 7. The maximum atomic E-state index is 8.58. The summed E-state index contributed by atoms with van der Waals surface area (Å²) < 4.78 is 39.8. The maximum absolute atomic E-state index is 8.58. The molecule has 1 heteroatoms. The molecule has 0 fully saturated rings. The minimum Gasteiger partial charge on any atom is -0.456 e. The van der Waals surface area contributed by atoms with E-state index in [9.17, 15) is 0 Å². The summed E-state index contributed by atoms with van der Waals surface area (Å²) in [6.45, 7) is 0. The first kappa shape index (κ1) is 16.7. The molecule has 1 nitrogen and oxygen atoms in total. The number of rotatable bonds is 2. The van der Waals surface area contributed by atoms with E-state index in [2.05, 4.69) is 78.9 Å². The van der Waals surface area contributed by atoms with Crippen molar-refractivity contribution in [1.29, 1.82) is 0 Å². The Hall–Kier alpha value is -4.88. The third-order valence-electron chi connectivity index (χ3n) is 7.36. The fourth-order valence-corrected chi connectivity index (χ4v) is 5.82. The van der Waals surface area contributed by atoms with Crippen LogP contribution in [0.5, 0.6) is 0 Å². The molecule has 7 aromatic carbocycles. The highest BCUT2D eigenvalue weighted by atomic mass is 16.3. The largest absolute Gasteiger partial charge is 0.456 e. The van der Waals surface area contributed by atoms with Crippen molar-refractivity contribution in [3.63, 3.8) is 0 Å². The highest BCUT2D eigenvalue weighted by Crippen LogP contribution is 2.47. The first-order chi connectivity index (χ1) is 20.0. The van der Waals surface area contributed by atoms with Crippen LogP contribution in [-0.2, 0) is 0 Å². The van der Waals surface area contributed by atoms with Gasteiger partial charge in [-0.25, -0.2) is 0 Å². The van der Waals surface area contributed by atoms with Crippen LogP contribution < -0.4 is 0 Å². The second kappa shape index (κ2) is 7.81. The average Bonchev–Trinajstić information content (AvgIpc) is 3.39. The molecule has 0 radical (unpaired) electrons. The second-order valence-electron chi connectivity index (χ2n) is 9.38. The third-order valence-corrected chi connectivity index (χ3v) is 7.36. The average molecular weight is 475 g/mol. The van der Waals surface area contributed by atoms with E-state index < -0.39 is 0 Å². The summed E-state index contributed by atoms with van der Waals surface area (Å²) in [5.74, 6) is 0. The van der Waals surface area contributed by atoms with E-state index in [0.717, 1.165) is 43.4 Å². The molecule has 0 spiro atoms. The lowest BCUT2D eigenvalue weighted by Crippen LogP contribution is -1.91. The Balaban J connectivity index is 1.55. The molecule has 0 unspecified atom stereocenters. The monoisotopic (exact) mass is 474 g/mol. The second-order valence-corrected chi connectivity index (χ2v) is 9.38. The molecule has 0 aliphatic heterocycles. The Morgan fingerprint density at radius 3 is 1.76 bits per heavy atom. The Morgan fingerprint density at radius 2 is 1.08 bits per heavy atom. The number of hydrogen-bond acceptors (Lipinski definition) is 1. The van der Waals surface area contributed by atoms with E-state index in [1.165, 1.54) is 11.1 Å². The van der Waals surface area contributed by atoms with Gasteiger partial charge >= 0.3 is 0 Å². The summed E-state index contributed by atoms with van der Waals surface area (Å²) >= 11 is 0. The lowest BCUT2D eigenvalue weighted by atomic mass is 9.85. The summed E-state index contributed by atoms with van der Waals surface area (Å²) in [6.07, 6.45) is 0. The topological polar surface area (TPSA) is 13.1 Å². The molecule has 0 bridgehead atoms. The Kier molecular flexibility index (Phi) is 3.53. The van der Waals surface area contributed by atoms with Gasteiger partial charge in [0.2, 0.25) is 0 Å². The standard InChI is InChI=1S/C36H22O/c1-2-11-23(12-3-1)34-26-15-6-8-17-28(26)35(29-18-9-7-16-27(29)34)30-19-10-20-32-36(30)31-21-24-13-4-5-14-25(24)22-33(31)37-32/h1-22H/i4D,5D,13D,14D. The van der Waals surface area contributed by atoms with E-state index in [0.29, 0.717) is 21.9 Å². The summed E-state index contributed by atoms with van der Waals surface area (Å²) in [5, 5.41) is 7.29. The molecule has 0 N–H and O–H groups in total. The van der Waals surface area contributed by atoms with E-state index in [4.69, 9.17) is 9.90 Å². The van der Waals surface area contributed by atoms with Gasteiger partial charge in [0.15, 0.2) is 0 Å². The molecule has 1 heterocycles. The molecule has 8 aromatic rings. The van der Waals surface area contributed by atoms with Crippen LogP contribution in [0.3, 0.4) is 0 Å². The fourth-order valence-electron chi connectivity index (χ4n) is 5.82. The molecule has 0 amide bonds. The van der Waals surface area contributed by atoms with Gasteiger partial charge < -0.3 is 4.42 Å². The zero-order valence-electron chi connectivity index (χ0n) is 23.8. The Morgan fingerprint density at radius 1 is 0.486 bits per heavy atom. The van der Waals surface area contributed by atoms with Gasteiger partial charge in [0.25, 0.3) is 0 Å². The Labute approximate surface area is 219 Å². The van der Waals surface area contributed by atoms with Crippen molar-refractivity contribution in [2.45, 2.75) is 0 Å². The molecule has 0 saturated carbocycles. The van der Waals surface area contributed by atoms with Gasteiger partial charge in [0.1, 0.15) is 11.2 Å². The molecule has 1 aromatic heterocycles. The van der Waals surface area contributed by atoms with Gasteiger partial charge in [-0.3, -0.25) is 0 Å². The molecule has 0 aliphatic carbocycles. The van der Waals surface area contributed by atoms with Gasteiger partial charge in [-0.2, -0.15) is 0 Å². The predicted molar refractivity (Wildman–Crippen MR) is 157 cm³/mol. The van der Waals surface area contributed by atoms with Crippen molar-refractivity contribution in [3.8, 4) is 22.3 Å². The molecule has 8 rings (SSSR count). The van der Waals surface area contributed by atoms with Crippen LogP contribution in [0.15, 0.2) is 138 Å². The van der Waals surface area contributed by atoms with Crippen molar-refractivity contribution >= 4 is 54.3 Å². The number of furan rings is 1. The molecular formula is C36H22O. The van der Waals surface area contributed by atoms with Crippen molar-refractivity contribution in [1.82, 2.24) is 0 Å². The summed E-state index contributed by atoms with van der Waals surface area (Å²) in [5.41, 5.74) is 5.81. The molecule has 0 aliphatic rings. The van der Waals surface area contributed by atoms with E-state index in [1.807, 2.05) is 24.3 Å². The SMILES string of the molecule is [2H]c1c([2H])c([2H])c2cc3c(cc2c1[2H])oc1cccc(-c2c4ccccc4c(-c4ccccc4)c4ccccc24)c13. The summed E-state index contributed by atoms with van der Waals surface area (Å²) in [6, 6.07) is 36.7.